The summed E-state index contributed by atoms with van der Waals surface area (Å²) in [6.07, 6.45) is -6.60. The second-order valence-electron chi connectivity index (χ2n) is 1.98. The van der Waals surface area contributed by atoms with Crippen molar-refractivity contribution in [2.24, 2.45) is 0 Å². The van der Waals surface area contributed by atoms with Crippen LogP contribution in [0.2, 0.25) is 0 Å². The minimum absolute atomic E-state index is 0. The van der Waals surface area contributed by atoms with Crippen LogP contribution in [-0.4, -0.2) is 28.3 Å². The van der Waals surface area contributed by atoms with Crippen molar-refractivity contribution in [2.45, 2.75) is 11.4 Å². The molecule has 0 rings (SSSR count). The summed E-state index contributed by atoms with van der Waals surface area (Å²) in [6.45, 7) is 0. The van der Waals surface area contributed by atoms with Crippen molar-refractivity contribution in [3.8, 4) is 0 Å². The van der Waals surface area contributed by atoms with Gasteiger partial charge in [0.15, 0.2) is 10.0 Å². The molecular weight excluding hydrogens is 303 g/mol. The van der Waals surface area contributed by atoms with Crippen molar-refractivity contribution in [3.05, 3.63) is 4.13 Å². The van der Waals surface area contributed by atoms with Gasteiger partial charge in [-0.25, -0.2) is 16.8 Å². The molecule has 0 saturated heterocycles. The fourth-order valence-electron chi connectivity index (χ4n) is 0.310. The predicted molar refractivity (Wildman–Crippen MR) is 33.3 cm³/mol. The molecule has 0 radical (unpaired) electrons. The number of rotatable bonds is 3. The van der Waals surface area contributed by atoms with Gasteiger partial charge in [0.1, 0.15) is 0 Å². The first-order valence-electron chi connectivity index (χ1n) is 2.59. The molecule has 16 heavy (non-hydrogen) atoms. The summed E-state index contributed by atoms with van der Waals surface area (Å²) in [5.74, 6) is 0. The molecule has 0 saturated carbocycles. The quantitative estimate of drug-likeness (QED) is 0.345. The van der Waals surface area contributed by atoms with Gasteiger partial charge in [0.2, 0.25) is 10.4 Å². The summed E-state index contributed by atoms with van der Waals surface area (Å²) in [7, 11) is -13.2. The van der Waals surface area contributed by atoms with Gasteiger partial charge < -0.3 is 4.13 Å². The molecule has 0 fully saturated rings. The molecule has 14 heteroatoms. The average Bonchev–Trinajstić information content (AvgIpc) is 1.77. The molecule has 92 valence electrons. The fourth-order valence-corrected chi connectivity index (χ4v) is 1.91. The Morgan fingerprint density at radius 2 is 1.19 bits per heavy atom. The zero-order valence-corrected chi connectivity index (χ0v) is 10.8. The summed E-state index contributed by atoms with van der Waals surface area (Å²) in [6, 6.07) is 0. The van der Waals surface area contributed by atoms with Crippen LogP contribution in [0, 0.1) is 0 Å². The van der Waals surface area contributed by atoms with Gasteiger partial charge in [-0.2, -0.15) is 22.0 Å². The van der Waals surface area contributed by atoms with Crippen LogP contribution in [0.15, 0.2) is 0 Å². The molecule has 0 aliphatic heterocycles. The van der Waals surface area contributed by atoms with Crippen molar-refractivity contribution in [1.29, 1.82) is 0 Å². The van der Waals surface area contributed by atoms with Gasteiger partial charge in [-0.05, 0) is 0 Å². The molecule has 0 unspecified atom stereocenters. The van der Waals surface area contributed by atoms with E-state index in [1.807, 2.05) is 0 Å². The maximum Gasteiger partial charge on any atom is 1.00 e. The molecule has 0 aliphatic rings. The standard InChI is InChI=1S/C2F6NO4S2.Na/c3-1(4,5)2(6,7)14(10,11)9-15(8,12)13;/q-1;+1. The molecule has 0 amide bonds. The first-order valence-corrected chi connectivity index (χ1v) is 5.37. The second kappa shape index (κ2) is 4.97. The number of hydrogen-bond acceptors (Lipinski definition) is 4. The molecule has 0 N–H and O–H groups in total. The van der Waals surface area contributed by atoms with E-state index in [0.29, 0.717) is 0 Å². The minimum Gasteiger partial charge on any atom is -0.402 e. The summed E-state index contributed by atoms with van der Waals surface area (Å²) in [5, 5.41) is -6.47. The molecule has 0 heterocycles. The van der Waals surface area contributed by atoms with Gasteiger partial charge >= 0.3 is 41.0 Å². The molecule has 0 bridgehead atoms. The van der Waals surface area contributed by atoms with Gasteiger partial charge in [-0.1, -0.05) is 0 Å². The van der Waals surface area contributed by atoms with Gasteiger partial charge in [-0.15, -0.1) is 3.89 Å². The van der Waals surface area contributed by atoms with Crippen molar-refractivity contribution < 1.29 is 72.2 Å². The average molecular weight is 303 g/mol. The van der Waals surface area contributed by atoms with Crippen LogP contribution in [0.4, 0.5) is 25.8 Å². The Labute approximate surface area is 108 Å². The Kier molecular flexibility index (Phi) is 5.84. The van der Waals surface area contributed by atoms with E-state index in [0.717, 1.165) is 4.13 Å². The van der Waals surface area contributed by atoms with Crippen LogP contribution >= 0.6 is 0 Å². The number of alkyl halides is 5. The van der Waals surface area contributed by atoms with Crippen molar-refractivity contribution in [2.75, 3.05) is 0 Å². The van der Waals surface area contributed by atoms with Gasteiger partial charge in [0.25, 0.3) is 0 Å². The molecule has 0 atom stereocenters. The number of hydrogen-bond donors (Lipinski definition) is 0. The third-order valence-electron chi connectivity index (χ3n) is 0.841. The van der Waals surface area contributed by atoms with Crippen molar-refractivity contribution >= 4 is 20.4 Å². The largest absolute Gasteiger partial charge is 1.00 e. The van der Waals surface area contributed by atoms with E-state index in [1.165, 1.54) is 0 Å². The van der Waals surface area contributed by atoms with E-state index in [1.54, 1.807) is 0 Å². The summed E-state index contributed by atoms with van der Waals surface area (Å²) >= 11 is 0. The SMILES string of the molecule is O=S(=O)(F)[N-]S(=O)(=O)C(F)(F)C(F)(F)F.[Na+]. The van der Waals surface area contributed by atoms with Crippen LogP contribution in [0.1, 0.15) is 0 Å². The Bertz CT molecular complexity index is 438. The molecule has 0 aromatic carbocycles. The molecule has 0 aromatic rings. The molecule has 5 nitrogen and oxygen atoms in total. The maximum atomic E-state index is 12.0. The van der Waals surface area contributed by atoms with Crippen LogP contribution < -0.4 is 29.6 Å². The summed E-state index contributed by atoms with van der Waals surface area (Å²) < 4.78 is 110. The van der Waals surface area contributed by atoms with Gasteiger partial charge in [-0.3, -0.25) is 0 Å². The Morgan fingerprint density at radius 1 is 0.875 bits per heavy atom. The van der Waals surface area contributed by atoms with Gasteiger partial charge in [0, 0.05) is 0 Å². The monoisotopic (exact) mass is 303 g/mol. The summed E-state index contributed by atoms with van der Waals surface area (Å²) in [5.41, 5.74) is 0. The second-order valence-corrected chi connectivity index (χ2v) is 4.86. The molecular formula is C2F6NNaO4S2. The molecule has 0 aliphatic carbocycles. The first-order chi connectivity index (χ1) is 6.21. The Hall–Kier alpha value is 0.440. The first kappa shape index (κ1) is 18.8. The normalized spacial score (nSPS) is 14.4. The Morgan fingerprint density at radius 3 is 1.38 bits per heavy atom. The maximum absolute atomic E-state index is 12.0. The van der Waals surface area contributed by atoms with Crippen LogP contribution in [-0.2, 0) is 20.4 Å². The zero-order chi connectivity index (χ0) is 12.7. The van der Waals surface area contributed by atoms with Crippen molar-refractivity contribution in [1.82, 2.24) is 0 Å². The van der Waals surface area contributed by atoms with E-state index < -0.39 is 31.9 Å². The topological polar surface area (TPSA) is 82.4 Å². The fraction of sp³-hybridized carbons (Fsp3) is 1.00. The van der Waals surface area contributed by atoms with E-state index in [-0.39, 0.29) is 29.6 Å². The van der Waals surface area contributed by atoms with Crippen molar-refractivity contribution in [3.63, 3.8) is 0 Å². The minimum atomic E-state index is -6.87. The third kappa shape index (κ3) is 4.37. The van der Waals surface area contributed by atoms with Crippen LogP contribution in [0.3, 0.4) is 0 Å². The smallest absolute Gasteiger partial charge is 0.402 e. The molecule has 0 aromatic heterocycles. The van der Waals surface area contributed by atoms with E-state index in [2.05, 4.69) is 0 Å². The summed E-state index contributed by atoms with van der Waals surface area (Å²) in [4.78, 5) is 0. The van der Waals surface area contributed by atoms with Crippen LogP contribution in [0.25, 0.3) is 4.13 Å². The predicted octanol–water partition coefficient (Wildman–Crippen LogP) is -1.94. The number of nitrogens with zero attached hydrogens (tertiary/aromatic N) is 1. The third-order valence-corrected chi connectivity index (χ3v) is 3.22. The number of halogens is 6. The van der Waals surface area contributed by atoms with E-state index >= 15 is 0 Å². The Balaban J connectivity index is 0. The number of sulfonamides is 1. The zero-order valence-electron chi connectivity index (χ0n) is 7.16. The van der Waals surface area contributed by atoms with Gasteiger partial charge in [0.05, 0.1) is 0 Å². The molecule has 0 spiro atoms. The van der Waals surface area contributed by atoms with E-state index in [9.17, 15) is 42.7 Å². The van der Waals surface area contributed by atoms with Crippen LogP contribution in [0.5, 0.6) is 0 Å². The van der Waals surface area contributed by atoms with E-state index in [4.69, 9.17) is 0 Å².